The van der Waals surface area contributed by atoms with Gasteiger partial charge in [0.05, 0.1) is 7.11 Å². The number of rotatable bonds is 6. The van der Waals surface area contributed by atoms with E-state index in [2.05, 4.69) is 32.0 Å². The molecule has 112 valence electrons. The van der Waals surface area contributed by atoms with E-state index in [0.717, 1.165) is 10.6 Å². The van der Waals surface area contributed by atoms with Crippen LogP contribution in [0.5, 0.6) is 5.75 Å². The molecule has 0 aliphatic carbocycles. The van der Waals surface area contributed by atoms with Crippen LogP contribution in [0.2, 0.25) is 0 Å². The summed E-state index contributed by atoms with van der Waals surface area (Å²) in [7, 11) is 1.71. The lowest BCUT2D eigenvalue weighted by Gasteiger charge is -2.27. The van der Waals surface area contributed by atoms with Crippen molar-refractivity contribution in [1.29, 1.82) is 0 Å². The van der Waals surface area contributed by atoms with Gasteiger partial charge >= 0.3 is 0 Å². The molecule has 0 spiro atoms. The molecule has 2 aromatic rings. The van der Waals surface area contributed by atoms with Gasteiger partial charge in [0.1, 0.15) is 5.75 Å². The molecule has 2 unspecified atom stereocenters. The van der Waals surface area contributed by atoms with Gasteiger partial charge in [-0.05, 0) is 23.6 Å². The summed E-state index contributed by atoms with van der Waals surface area (Å²) in [4.78, 5) is 1.14. The van der Waals surface area contributed by atoms with Crippen molar-refractivity contribution >= 4 is 11.8 Å². The molecule has 0 aromatic heterocycles. The van der Waals surface area contributed by atoms with Gasteiger partial charge in [-0.25, -0.2) is 0 Å². The Morgan fingerprint density at radius 1 is 0.952 bits per heavy atom. The van der Waals surface area contributed by atoms with Crippen molar-refractivity contribution in [2.24, 2.45) is 11.7 Å². The fourth-order valence-electron chi connectivity index (χ4n) is 2.35. The molecule has 2 N–H and O–H groups in total. The van der Waals surface area contributed by atoms with E-state index in [1.165, 1.54) is 5.56 Å². The number of ether oxygens (including phenoxy) is 1. The molecule has 2 nitrogen and oxygen atoms in total. The highest BCUT2D eigenvalue weighted by Crippen LogP contribution is 2.39. The molecule has 21 heavy (non-hydrogen) atoms. The van der Waals surface area contributed by atoms with E-state index in [9.17, 15) is 0 Å². The van der Waals surface area contributed by atoms with Crippen LogP contribution in [0.25, 0.3) is 0 Å². The van der Waals surface area contributed by atoms with Gasteiger partial charge in [-0.2, -0.15) is 0 Å². The number of hydrogen-bond donors (Lipinski definition) is 1. The number of thioether (sulfide) groups is 1. The highest BCUT2D eigenvalue weighted by Gasteiger charge is 2.25. The third kappa shape index (κ3) is 4.02. The van der Waals surface area contributed by atoms with E-state index in [4.69, 9.17) is 10.5 Å². The SMILES string of the molecule is COc1ccccc1SC(C(C)C)C(N)c1ccccc1. The summed E-state index contributed by atoms with van der Waals surface area (Å²) in [6.45, 7) is 4.44. The van der Waals surface area contributed by atoms with Gasteiger partial charge in [0.25, 0.3) is 0 Å². The molecule has 2 rings (SSSR count). The summed E-state index contributed by atoms with van der Waals surface area (Å²) in [5.41, 5.74) is 7.70. The third-order valence-corrected chi connectivity index (χ3v) is 5.23. The fraction of sp³-hybridized carbons (Fsp3) is 0.333. The average Bonchev–Trinajstić information content (AvgIpc) is 2.53. The molecule has 3 heteroatoms. The third-order valence-electron chi connectivity index (χ3n) is 3.53. The Bertz CT molecular complexity index is 556. The summed E-state index contributed by atoms with van der Waals surface area (Å²) in [5.74, 6) is 1.38. The monoisotopic (exact) mass is 301 g/mol. The van der Waals surface area contributed by atoms with Gasteiger partial charge < -0.3 is 10.5 Å². The van der Waals surface area contributed by atoms with E-state index >= 15 is 0 Å². The van der Waals surface area contributed by atoms with Crippen molar-refractivity contribution in [3.63, 3.8) is 0 Å². The predicted octanol–water partition coefficient (Wildman–Crippen LogP) is 4.51. The van der Waals surface area contributed by atoms with Crippen molar-refractivity contribution in [3.05, 3.63) is 60.2 Å². The lowest BCUT2D eigenvalue weighted by atomic mass is 9.97. The molecular weight excluding hydrogens is 278 g/mol. The molecule has 0 bridgehead atoms. The predicted molar refractivity (Wildman–Crippen MR) is 90.8 cm³/mol. The molecule has 0 fully saturated rings. The normalized spacial score (nSPS) is 14.0. The molecule has 0 aliphatic rings. The smallest absolute Gasteiger partial charge is 0.132 e. The Labute approximate surface area is 131 Å². The van der Waals surface area contributed by atoms with Crippen LogP contribution in [0.1, 0.15) is 25.5 Å². The van der Waals surface area contributed by atoms with E-state index in [-0.39, 0.29) is 6.04 Å². The van der Waals surface area contributed by atoms with Crippen LogP contribution < -0.4 is 10.5 Å². The van der Waals surface area contributed by atoms with Gasteiger partial charge in [-0.3, -0.25) is 0 Å². The second-order valence-corrected chi connectivity index (χ2v) is 6.63. The topological polar surface area (TPSA) is 35.2 Å². The molecule has 0 amide bonds. The number of benzene rings is 2. The van der Waals surface area contributed by atoms with Crippen LogP contribution in [0.3, 0.4) is 0 Å². The first-order valence-corrected chi connectivity index (χ1v) is 8.11. The Morgan fingerprint density at radius 3 is 2.19 bits per heavy atom. The van der Waals surface area contributed by atoms with Gasteiger partial charge in [-0.15, -0.1) is 11.8 Å². The molecule has 0 saturated heterocycles. The Balaban J connectivity index is 2.24. The standard InChI is InChI=1S/C18H23NOS/c1-13(2)18(17(19)14-9-5-4-6-10-14)21-16-12-8-7-11-15(16)20-3/h4-13,17-18H,19H2,1-3H3. The summed E-state index contributed by atoms with van der Waals surface area (Å²) < 4.78 is 5.45. The molecule has 0 aliphatic heterocycles. The molecule has 0 saturated carbocycles. The average molecular weight is 301 g/mol. The highest BCUT2D eigenvalue weighted by atomic mass is 32.2. The molecule has 2 aromatic carbocycles. The first kappa shape index (κ1) is 15.9. The summed E-state index contributed by atoms with van der Waals surface area (Å²) in [6, 6.07) is 18.4. The zero-order valence-electron chi connectivity index (χ0n) is 12.8. The van der Waals surface area contributed by atoms with E-state index in [1.54, 1.807) is 18.9 Å². The zero-order valence-corrected chi connectivity index (χ0v) is 13.6. The Hall–Kier alpha value is -1.45. The van der Waals surface area contributed by atoms with E-state index in [1.807, 2.05) is 36.4 Å². The number of methoxy groups -OCH3 is 1. The lowest BCUT2D eigenvalue weighted by molar-refractivity contribution is 0.404. The number of hydrogen-bond acceptors (Lipinski definition) is 3. The minimum Gasteiger partial charge on any atom is -0.496 e. The zero-order chi connectivity index (χ0) is 15.2. The van der Waals surface area contributed by atoms with Gasteiger partial charge in [0.2, 0.25) is 0 Å². The quantitative estimate of drug-likeness (QED) is 0.797. The first-order valence-electron chi connectivity index (χ1n) is 7.23. The highest BCUT2D eigenvalue weighted by molar-refractivity contribution is 8.00. The summed E-state index contributed by atoms with van der Waals surface area (Å²) in [5, 5.41) is 0.295. The minimum atomic E-state index is 0.00103. The molecule has 0 heterocycles. The van der Waals surface area contributed by atoms with Gasteiger partial charge in [0, 0.05) is 16.2 Å². The maximum absolute atomic E-state index is 6.52. The van der Waals surface area contributed by atoms with Crippen LogP contribution >= 0.6 is 11.8 Å². The largest absolute Gasteiger partial charge is 0.496 e. The summed E-state index contributed by atoms with van der Waals surface area (Å²) in [6.07, 6.45) is 0. The van der Waals surface area contributed by atoms with Gasteiger partial charge in [0.15, 0.2) is 0 Å². The van der Waals surface area contributed by atoms with Gasteiger partial charge in [-0.1, -0.05) is 56.3 Å². The lowest BCUT2D eigenvalue weighted by Crippen LogP contribution is -2.28. The summed E-state index contributed by atoms with van der Waals surface area (Å²) >= 11 is 1.80. The van der Waals surface area contributed by atoms with Crippen molar-refractivity contribution < 1.29 is 4.74 Å². The maximum atomic E-state index is 6.52. The van der Waals surface area contributed by atoms with Crippen LogP contribution in [-0.4, -0.2) is 12.4 Å². The van der Waals surface area contributed by atoms with Crippen molar-refractivity contribution in [2.75, 3.05) is 7.11 Å². The maximum Gasteiger partial charge on any atom is 0.132 e. The van der Waals surface area contributed by atoms with Crippen LogP contribution in [-0.2, 0) is 0 Å². The van der Waals surface area contributed by atoms with Crippen molar-refractivity contribution in [2.45, 2.75) is 30.0 Å². The first-order chi connectivity index (χ1) is 10.1. The van der Waals surface area contributed by atoms with Crippen molar-refractivity contribution in [1.82, 2.24) is 0 Å². The second kappa shape index (κ2) is 7.53. The number of nitrogens with two attached hydrogens (primary N) is 1. The Kier molecular flexibility index (Phi) is 5.71. The van der Waals surface area contributed by atoms with Crippen LogP contribution in [0, 0.1) is 5.92 Å². The van der Waals surface area contributed by atoms with Crippen LogP contribution in [0.4, 0.5) is 0 Å². The number of para-hydroxylation sites is 1. The molecule has 0 radical (unpaired) electrons. The second-order valence-electron chi connectivity index (χ2n) is 5.41. The van der Waals surface area contributed by atoms with E-state index in [0.29, 0.717) is 11.2 Å². The van der Waals surface area contributed by atoms with E-state index < -0.39 is 0 Å². The minimum absolute atomic E-state index is 0.00103. The van der Waals surface area contributed by atoms with Crippen LogP contribution in [0.15, 0.2) is 59.5 Å². The van der Waals surface area contributed by atoms with Crippen molar-refractivity contribution in [3.8, 4) is 5.75 Å². The molecular formula is C18H23NOS. The Morgan fingerprint density at radius 2 is 1.57 bits per heavy atom. The molecule has 2 atom stereocenters. The fourth-order valence-corrected chi connectivity index (χ4v) is 3.65.